The molecule has 0 bridgehead atoms. The fourth-order valence-corrected chi connectivity index (χ4v) is 4.30. The highest BCUT2D eigenvalue weighted by Gasteiger charge is 2.27. The fraction of sp³-hybridized carbons (Fsp3) is 0.136. The Morgan fingerprint density at radius 3 is 2.30 bits per heavy atom. The number of hydrogen-bond donors (Lipinski definition) is 1. The van der Waals surface area contributed by atoms with Crippen LogP contribution in [-0.4, -0.2) is 35.1 Å². The van der Waals surface area contributed by atoms with E-state index in [1.54, 1.807) is 66.7 Å². The predicted molar refractivity (Wildman–Crippen MR) is 116 cm³/mol. The maximum Gasteiger partial charge on any atom is 0.264 e. The summed E-state index contributed by atoms with van der Waals surface area (Å²) < 4.78 is 38.2. The Hall–Kier alpha value is -3.52. The molecule has 0 atom stereocenters. The molecule has 0 radical (unpaired) electrons. The number of carbonyl (C=O) groups excluding carboxylic acids is 1. The van der Waals surface area contributed by atoms with Crippen molar-refractivity contribution < 1.29 is 22.7 Å². The van der Waals surface area contributed by atoms with Gasteiger partial charge in [0.2, 0.25) is 5.91 Å². The molecule has 8 heteroatoms. The summed E-state index contributed by atoms with van der Waals surface area (Å²) in [5, 5.41) is 2.71. The summed E-state index contributed by atoms with van der Waals surface area (Å²) in [5.74, 6) is 0.442. The summed E-state index contributed by atoms with van der Waals surface area (Å²) in [7, 11) is -1.01. The average molecular weight is 426 g/mol. The molecule has 0 saturated heterocycles. The molecular weight excluding hydrogens is 404 g/mol. The number of anilines is 2. The first-order valence-electron chi connectivity index (χ1n) is 9.10. The molecule has 0 unspecified atom stereocenters. The lowest BCUT2D eigenvalue weighted by atomic mass is 10.3. The van der Waals surface area contributed by atoms with Gasteiger partial charge in [-0.1, -0.05) is 36.4 Å². The molecule has 0 fully saturated rings. The van der Waals surface area contributed by atoms with E-state index in [-0.39, 0.29) is 4.90 Å². The number of sulfonamides is 1. The SMILES string of the molecule is COc1cccc(N(CC(=O)Nc2ccccc2OC)S(=O)(=O)c2ccccc2)c1. The average Bonchev–Trinajstić information content (AvgIpc) is 2.78. The first kappa shape index (κ1) is 21.2. The minimum Gasteiger partial charge on any atom is -0.497 e. The smallest absolute Gasteiger partial charge is 0.264 e. The largest absolute Gasteiger partial charge is 0.497 e. The summed E-state index contributed by atoms with van der Waals surface area (Å²) in [6, 6.07) is 21.4. The monoisotopic (exact) mass is 426 g/mol. The van der Waals surface area contributed by atoms with Crippen LogP contribution < -0.4 is 19.1 Å². The molecule has 3 aromatic rings. The molecule has 0 aromatic heterocycles. The Morgan fingerprint density at radius 2 is 1.60 bits per heavy atom. The number of para-hydroxylation sites is 2. The van der Waals surface area contributed by atoms with Gasteiger partial charge in [0, 0.05) is 6.07 Å². The van der Waals surface area contributed by atoms with Crippen molar-refractivity contribution in [1.29, 1.82) is 0 Å². The third-order valence-electron chi connectivity index (χ3n) is 4.34. The van der Waals surface area contributed by atoms with Crippen molar-refractivity contribution in [2.24, 2.45) is 0 Å². The van der Waals surface area contributed by atoms with Gasteiger partial charge in [-0.3, -0.25) is 9.10 Å². The molecule has 1 N–H and O–H groups in total. The molecule has 1 amide bonds. The number of carbonyl (C=O) groups is 1. The summed E-state index contributed by atoms with van der Waals surface area (Å²) >= 11 is 0. The van der Waals surface area contributed by atoms with Crippen LogP contribution in [0.15, 0.2) is 83.8 Å². The maximum absolute atomic E-state index is 13.3. The number of ether oxygens (including phenoxy) is 2. The minimum atomic E-state index is -4.00. The van der Waals surface area contributed by atoms with Gasteiger partial charge in [-0.25, -0.2) is 8.42 Å². The predicted octanol–water partition coefficient (Wildman–Crippen LogP) is 3.54. The fourth-order valence-electron chi connectivity index (χ4n) is 2.87. The van der Waals surface area contributed by atoms with Crippen LogP contribution in [0.5, 0.6) is 11.5 Å². The van der Waals surface area contributed by atoms with Crippen molar-refractivity contribution in [2.45, 2.75) is 4.90 Å². The number of nitrogens with zero attached hydrogens (tertiary/aromatic N) is 1. The first-order chi connectivity index (χ1) is 14.5. The van der Waals surface area contributed by atoms with Gasteiger partial charge < -0.3 is 14.8 Å². The standard InChI is InChI=1S/C22H22N2O5S/c1-28-18-10-8-9-17(15-18)24(30(26,27)19-11-4-3-5-12-19)16-22(25)23-20-13-6-7-14-21(20)29-2/h3-15H,16H2,1-2H3,(H,23,25). The van der Waals surface area contributed by atoms with Crippen LogP contribution >= 0.6 is 0 Å². The van der Waals surface area contributed by atoms with Crippen LogP contribution in [-0.2, 0) is 14.8 Å². The lowest BCUT2D eigenvalue weighted by Gasteiger charge is -2.24. The molecular formula is C22H22N2O5S. The second-order valence-corrected chi connectivity index (χ2v) is 8.14. The van der Waals surface area contributed by atoms with Gasteiger partial charge in [-0.05, 0) is 36.4 Å². The van der Waals surface area contributed by atoms with Gasteiger partial charge in [-0.2, -0.15) is 0 Å². The Balaban J connectivity index is 1.96. The molecule has 0 aliphatic heterocycles. The maximum atomic E-state index is 13.3. The zero-order valence-electron chi connectivity index (χ0n) is 16.6. The molecule has 30 heavy (non-hydrogen) atoms. The van der Waals surface area contributed by atoms with Gasteiger partial charge in [0.05, 0.1) is 30.5 Å². The third kappa shape index (κ3) is 4.72. The lowest BCUT2D eigenvalue weighted by molar-refractivity contribution is -0.114. The molecule has 0 aliphatic rings. The highest BCUT2D eigenvalue weighted by atomic mass is 32.2. The summed E-state index contributed by atoms with van der Waals surface area (Å²) in [6.45, 7) is -0.428. The Labute approximate surface area is 175 Å². The zero-order valence-corrected chi connectivity index (χ0v) is 17.4. The summed E-state index contributed by atoms with van der Waals surface area (Å²) in [5.41, 5.74) is 0.765. The van der Waals surface area contributed by atoms with Crippen LogP contribution in [0.3, 0.4) is 0 Å². The van der Waals surface area contributed by atoms with Gasteiger partial charge in [0.1, 0.15) is 18.0 Å². The van der Waals surface area contributed by atoms with Crippen molar-refractivity contribution in [3.05, 3.63) is 78.9 Å². The van der Waals surface area contributed by atoms with Crippen LogP contribution in [0.2, 0.25) is 0 Å². The Morgan fingerprint density at radius 1 is 0.900 bits per heavy atom. The number of hydrogen-bond acceptors (Lipinski definition) is 5. The Bertz CT molecular complexity index is 1120. The quantitative estimate of drug-likeness (QED) is 0.596. The molecule has 7 nitrogen and oxygen atoms in total. The van der Waals surface area contributed by atoms with E-state index in [4.69, 9.17) is 9.47 Å². The summed E-state index contributed by atoms with van der Waals surface area (Å²) in [6.07, 6.45) is 0. The molecule has 156 valence electrons. The Kier molecular flexibility index (Phi) is 6.58. The number of methoxy groups -OCH3 is 2. The number of rotatable bonds is 8. The van der Waals surface area contributed by atoms with Crippen molar-refractivity contribution in [3.8, 4) is 11.5 Å². The van der Waals surface area contributed by atoms with E-state index in [1.807, 2.05) is 0 Å². The second kappa shape index (κ2) is 9.32. The third-order valence-corrected chi connectivity index (χ3v) is 6.13. The topological polar surface area (TPSA) is 84.9 Å². The van der Waals surface area contributed by atoms with Gasteiger partial charge in [-0.15, -0.1) is 0 Å². The van der Waals surface area contributed by atoms with E-state index in [2.05, 4.69) is 5.32 Å². The normalized spacial score (nSPS) is 10.9. The van der Waals surface area contributed by atoms with Crippen molar-refractivity contribution in [2.75, 3.05) is 30.4 Å². The second-order valence-electron chi connectivity index (χ2n) is 6.27. The molecule has 3 rings (SSSR count). The molecule has 0 spiro atoms. The van der Waals surface area contributed by atoms with Gasteiger partial charge in [0.15, 0.2) is 0 Å². The van der Waals surface area contributed by atoms with Crippen molar-refractivity contribution >= 4 is 27.3 Å². The minimum absolute atomic E-state index is 0.0814. The molecule has 0 saturated carbocycles. The number of nitrogens with one attached hydrogen (secondary N) is 1. The molecule has 0 aliphatic carbocycles. The van der Waals surface area contributed by atoms with E-state index >= 15 is 0 Å². The van der Waals surface area contributed by atoms with Gasteiger partial charge in [0.25, 0.3) is 10.0 Å². The van der Waals surface area contributed by atoms with Crippen LogP contribution in [0.4, 0.5) is 11.4 Å². The lowest BCUT2D eigenvalue weighted by Crippen LogP contribution is -2.38. The van der Waals surface area contributed by atoms with Crippen LogP contribution in [0.25, 0.3) is 0 Å². The number of amides is 1. The van der Waals surface area contributed by atoms with E-state index < -0.39 is 22.5 Å². The first-order valence-corrected chi connectivity index (χ1v) is 10.5. The van der Waals surface area contributed by atoms with Crippen LogP contribution in [0, 0.1) is 0 Å². The number of benzene rings is 3. The van der Waals surface area contributed by atoms with Crippen molar-refractivity contribution in [3.63, 3.8) is 0 Å². The van der Waals surface area contributed by atoms with Crippen LogP contribution in [0.1, 0.15) is 0 Å². The highest BCUT2D eigenvalue weighted by molar-refractivity contribution is 7.92. The van der Waals surface area contributed by atoms with E-state index in [0.29, 0.717) is 22.9 Å². The highest BCUT2D eigenvalue weighted by Crippen LogP contribution is 2.28. The molecule has 3 aromatic carbocycles. The van der Waals surface area contributed by atoms with E-state index in [0.717, 1.165) is 4.31 Å². The van der Waals surface area contributed by atoms with Crippen molar-refractivity contribution in [1.82, 2.24) is 0 Å². The zero-order chi connectivity index (χ0) is 21.6. The van der Waals surface area contributed by atoms with Gasteiger partial charge >= 0.3 is 0 Å². The summed E-state index contributed by atoms with van der Waals surface area (Å²) in [4.78, 5) is 12.9. The van der Waals surface area contributed by atoms with E-state index in [1.165, 1.54) is 26.4 Å². The molecule has 0 heterocycles. The van der Waals surface area contributed by atoms with E-state index in [9.17, 15) is 13.2 Å².